The summed E-state index contributed by atoms with van der Waals surface area (Å²) in [6.45, 7) is 4.56. The Balaban J connectivity index is 1.51. The molecule has 1 aliphatic rings. The number of hydrogen-bond donors (Lipinski definition) is 1. The molecule has 0 radical (unpaired) electrons. The van der Waals surface area contributed by atoms with Crippen molar-refractivity contribution >= 4 is 11.7 Å². The van der Waals surface area contributed by atoms with Crippen LogP contribution in [0.5, 0.6) is 0 Å². The van der Waals surface area contributed by atoms with Crippen LogP contribution in [0.15, 0.2) is 54.9 Å². The predicted molar refractivity (Wildman–Crippen MR) is 114 cm³/mol. The molecule has 1 amide bonds. The van der Waals surface area contributed by atoms with E-state index in [0.29, 0.717) is 12.1 Å². The molecule has 150 valence electrons. The molecule has 3 heterocycles. The Morgan fingerprint density at radius 2 is 1.86 bits per heavy atom. The topological polar surface area (TPSA) is 63.1 Å². The molecule has 0 atom stereocenters. The highest BCUT2D eigenvalue weighted by atomic mass is 16.1. The third-order valence-electron chi connectivity index (χ3n) is 5.41. The second-order valence-corrected chi connectivity index (χ2v) is 7.32. The Morgan fingerprint density at radius 1 is 1.07 bits per heavy atom. The lowest BCUT2D eigenvalue weighted by Crippen LogP contribution is -2.32. The standard InChI is InChI=1S/C23H27N5O/c1-2-21-20(17-26-28(21)19-11-5-3-6-12-19)23(29)25-16-18-10-9-13-24-22(18)27-14-7-4-8-15-27/h3,5-6,9-13,17H,2,4,7-8,14-16H2,1H3,(H,25,29). The van der Waals surface area contributed by atoms with Gasteiger partial charge in [-0.2, -0.15) is 5.10 Å². The van der Waals surface area contributed by atoms with Gasteiger partial charge < -0.3 is 10.2 Å². The van der Waals surface area contributed by atoms with E-state index < -0.39 is 0 Å². The van der Waals surface area contributed by atoms with E-state index in [2.05, 4.69) is 20.3 Å². The van der Waals surface area contributed by atoms with Gasteiger partial charge in [0.15, 0.2) is 0 Å². The van der Waals surface area contributed by atoms with Crippen LogP contribution < -0.4 is 10.2 Å². The van der Waals surface area contributed by atoms with E-state index in [1.54, 1.807) is 6.20 Å². The van der Waals surface area contributed by atoms with Gasteiger partial charge in [-0.3, -0.25) is 4.79 Å². The lowest BCUT2D eigenvalue weighted by Gasteiger charge is -2.29. The molecule has 0 bridgehead atoms. The number of pyridine rings is 1. The molecule has 1 aromatic carbocycles. The zero-order chi connectivity index (χ0) is 20.1. The van der Waals surface area contributed by atoms with E-state index in [1.165, 1.54) is 19.3 Å². The highest BCUT2D eigenvalue weighted by Gasteiger charge is 2.19. The molecule has 1 N–H and O–H groups in total. The molecule has 3 aromatic rings. The maximum atomic E-state index is 12.9. The van der Waals surface area contributed by atoms with Crippen molar-refractivity contribution in [3.63, 3.8) is 0 Å². The van der Waals surface area contributed by atoms with Gasteiger partial charge in [-0.1, -0.05) is 31.2 Å². The van der Waals surface area contributed by atoms with Gasteiger partial charge in [0.2, 0.25) is 0 Å². The van der Waals surface area contributed by atoms with Crippen molar-refractivity contribution in [2.45, 2.75) is 39.2 Å². The second-order valence-electron chi connectivity index (χ2n) is 7.32. The summed E-state index contributed by atoms with van der Waals surface area (Å²) in [5, 5.41) is 7.53. The maximum Gasteiger partial charge on any atom is 0.255 e. The molecule has 1 saturated heterocycles. The molecular weight excluding hydrogens is 362 g/mol. The summed E-state index contributed by atoms with van der Waals surface area (Å²) in [4.78, 5) is 19.8. The quantitative estimate of drug-likeness (QED) is 0.697. The maximum absolute atomic E-state index is 12.9. The first-order valence-corrected chi connectivity index (χ1v) is 10.4. The van der Waals surface area contributed by atoms with Gasteiger partial charge in [0.25, 0.3) is 5.91 Å². The molecule has 1 aliphatic heterocycles. The fraction of sp³-hybridized carbons (Fsp3) is 0.348. The average molecular weight is 390 g/mol. The molecule has 0 unspecified atom stereocenters. The monoisotopic (exact) mass is 389 g/mol. The first-order valence-electron chi connectivity index (χ1n) is 10.4. The van der Waals surface area contributed by atoms with Crippen molar-refractivity contribution < 1.29 is 4.79 Å². The Bertz CT molecular complexity index is 960. The van der Waals surface area contributed by atoms with Gasteiger partial charge in [-0.15, -0.1) is 0 Å². The van der Waals surface area contributed by atoms with Crippen LogP contribution in [0.3, 0.4) is 0 Å². The fourth-order valence-electron chi connectivity index (χ4n) is 3.92. The molecule has 0 aliphatic carbocycles. The van der Waals surface area contributed by atoms with Crippen LogP contribution in [-0.4, -0.2) is 33.8 Å². The summed E-state index contributed by atoms with van der Waals surface area (Å²) in [7, 11) is 0. The molecule has 4 rings (SSSR count). The van der Waals surface area contributed by atoms with E-state index in [4.69, 9.17) is 0 Å². The van der Waals surface area contributed by atoms with Gasteiger partial charge in [0.05, 0.1) is 23.1 Å². The number of para-hydroxylation sites is 1. The molecule has 0 saturated carbocycles. The Kier molecular flexibility index (Phi) is 5.89. The number of aromatic nitrogens is 3. The smallest absolute Gasteiger partial charge is 0.255 e. The minimum atomic E-state index is -0.0996. The average Bonchev–Trinajstić information content (AvgIpc) is 3.23. The molecule has 6 nitrogen and oxygen atoms in total. The van der Waals surface area contributed by atoms with Gasteiger partial charge >= 0.3 is 0 Å². The van der Waals surface area contributed by atoms with Crippen LogP contribution in [0.2, 0.25) is 0 Å². The van der Waals surface area contributed by atoms with Crippen LogP contribution in [0.25, 0.3) is 5.69 Å². The molecular formula is C23H27N5O. The lowest BCUT2D eigenvalue weighted by atomic mass is 10.1. The van der Waals surface area contributed by atoms with Crippen LogP contribution in [0.1, 0.15) is 47.8 Å². The van der Waals surface area contributed by atoms with Crippen LogP contribution in [-0.2, 0) is 13.0 Å². The van der Waals surface area contributed by atoms with Crippen molar-refractivity contribution in [1.29, 1.82) is 0 Å². The number of nitrogens with zero attached hydrogens (tertiary/aromatic N) is 4. The highest BCUT2D eigenvalue weighted by molar-refractivity contribution is 5.95. The Morgan fingerprint density at radius 3 is 2.62 bits per heavy atom. The number of hydrogen-bond acceptors (Lipinski definition) is 4. The molecule has 2 aromatic heterocycles. The Labute approximate surface area is 171 Å². The Hall–Kier alpha value is -3.15. The van der Waals surface area contributed by atoms with Crippen molar-refractivity contribution in [2.24, 2.45) is 0 Å². The number of nitrogens with one attached hydrogen (secondary N) is 1. The summed E-state index contributed by atoms with van der Waals surface area (Å²) in [6, 6.07) is 13.9. The SMILES string of the molecule is CCc1c(C(=O)NCc2cccnc2N2CCCCC2)cnn1-c1ccccc1. The number of benzene rings is 1. The molecule has 0 spiro atoms. The number of carbonyl (C=O) groups is 1. The summed E-state index contributed by atoms with van der Waals surface area (Å²) in [6.07, 6.45) is 7.89. The van der Waals surface area contributed by atoms with Crippen LogP contribution in [0.4, 0.5) is 5.82 Å². The van der Waals surface area contributed by atoms with Crippen molar-refractivity contribution in [2.75, 3.05) is 18.0 Å². The third-order valence-corrected chi connectivity index (χ3v) is 5.41. The first-order chi connectivity index (χ1) is 14.3. The number of amides is 1. The number of piperidine rings is 1. The highest BCUT2D eigenvalue weighted by Crippen LogP contribution is 2.22. The minimum Gasteiger partial charge on any atom is -0.356 e. The van der Waals surface area contributed by atoms with Gasteiger partial charge in [0, 0.05) is 31.4 Å². The number of rotatable bonds is 6. The summed E-state index contributed by atoms with van der Waals surface area (Å²) < 4.78 is 1.85. The van der Waals surface area contributed by atoms with E-state index in [-0.39, 0.29) is 5.91 Å². The van der Waals surface area contributed by atoms with E-state index in [0.717, 1.165) is 42.3 Å². The van der Waals surface area contributed by atoms with Gasteiger partial charge in [0.1, 0.15) is 5.82 Å². The van der Waals surface area contributed by atoms with Crippen LogP contribution >= 0.6 is 0 Å². The van der Waals surface area contributed by atoms with Crippen molar-refractivity contribution in [3.8, 4) is 5.69 Å². The first kappa shape index (κ1) is 19.2. The second kappa shape index (κ2) is 8.90. The van der Waals surface area contributed by atoms with Crippen molar-refractivity contribution in [1.82, 2.24) is 20.1 Å². The number of carbonyl (C=O) groups excluding carboxylic acids is 1. The van der Waals surface area contributed by atoms with Crippen molar-refractivity contribution in [3.05, 3.63) is 71.7 Å². The summed E-state index contributed by atoms with van der Waals surface area (Å²) in [5.41, 5.74) is 3.55. The normalized spacial score (nSPS) is 14.0. The lowest BCUT2D eigenvalue weighted by molar-refractivity contribution is 0.0950. The van der Waals surface area contributed by atoms with E-state index >= 15 is 0 Å². The van der Waals surface area contributed by atoms with Gasteiger partial charge in [-0.25, -0.2) is 9.67 Å². The van der Waals surface area contributed by atoms with Crippen LogP contribution in [0, 0.1) is 0 Å². The summed E-state index contributed by atoms with van der Waals surface area (Å²) >= 11 is 0. The summed E-state index contributed by atoms with van der Waals surface area (Å²) in [5.74, 6) is 0.890. The predicted octanol–water partition coefficient (Wildman–Crippen LogP) is 3.75. The van der Waals surface area contributed by atoms with E-state index in [1.807, 2.05) is 60.3 Å². The third kappa shape index (κ3) is 4.16. The zero-order valence-corrected chi connectivity index (χ0v) is 16.8. The molecule has 1 fully saturated rings. The fourth-order valence-corrected chi connectivity index (χ4v) is 3.92. The molecule has 29 heavy (non-hydrogen) atoms. The largest absolute Gasteiger partial charge is 0.356 e. The van der Waals surface area contributed by atoms with E-state index in [9.17, 15) is 4.79 Å². The van der Waals surface area contributed by atoms with Gasteiger partial charge in [-0.05, 0) is 43.9 Å². The molecule has 6 heteroatoms. The minimum absolute atomic E-state index is 0.0996. The zero-order valence-electron chi connectivity index (χ0n) is 16.8. The number of anilines is 1.